The van der Waals surface area contributed by atoms with Crippen molar-refractivity contribution in [1.29, 1.82) is 0 Å². The number of imidazole rings is 1. The van der Waals surface area contributed by atoms with Crippen LogP contribution in [0.3, 0.4) is 0 Å². The standard InChI is InChI=1S/C14H16ClN3O2/c1-9(2)18-8-16-7-12(18)13(14(19)20)17-11-6-4-3-5-10(11)15/h3-9,13,17H,1-2H3,(H,19,20). The largest absolute Gasteiger partial charge is 0.479 e. The van der Waals surface area contributed by atoms with Gasteiger partial charge in [0.1, 0.15) is 0 Å². The van der Waals surface area contributed by atoms with Gasteiger partial charge in [-0.3, -0.25) is 0 Å². The summed E-state index contributed by atoms with van der Waals surface area (Å²) in [5.41, 5.74) is 1.17. The highest BCUT2D eigenvalue weighted by Crippen LogP contribution is 2.27. The smallest absolute Gasteiger partial charge is 0.332 e. The monoisotopic (exact) mass is 293 g/mol. The SMILES string of the molecule is CC(C)n1cncc1C(Nc1ccccc1Cl)C(=O)O. The van der Waals surface area contributed by atoms with Crippen LogP contribution in [0.5, 0.6) is 0 Å². The molecule has 2 rings (SSSR count). The highest BCUT2D eigenvalue weighted by molar-refractivity contribution is 6.33. The molecule has 5 nitrogen and oxygen atoms in total. The molecule has 106 valence electrons. The molecule has 0 aliphatic carbocycles. The third-order valence-corrected chi connectivity index (χ3v) is 3.30. The Morgan fingerprint density at radius 1 is 1.40 bits per heavy atom. The normalized spacial score (nSPS) is 12.4. The predicted octanol–water partition coefficient (Wildman–Crippen LogP) is 3.36. The zero-order valence-corrected chi connectivity index (χ0v) is 12.0. The maximum Gasteiger partial charge on any atom is 0.332 e. The third-order valence-electron chi connectivity index (χ3n) is 2.97. The molecule has 1 unspecified atom stereocenters. The van der Waals surface area contributed by atoms with Crippen LogP contribution < -0.4 is 5.32 Å². The number of carboxylic acid groups (broad SMARTS) is 1. The molecule has 1 aromatic heterocycles. The van der Waals surface area contributed by atoms with E-state index in [0.29, 0.717) is 16.4 Å². The summed E-state index contributed by atoms with van der Waals surface area (Å²) in [4.78, 5) is 15.6. The molecule has 2 N–H and O–H groups in total. The lowest BCUT2D eigenvalue weighted by Gasteiger charge is -2.20. The van der Waals surface area contributed by atoms with Gasteiger partial charge in [-0.1, -0.05) is 23.7 Å². The van der Waals surface area contributed by atoms with E-state index in [9.17, 15) is 9.90 Å². The second kappa shape index (κ2) is 5.96. The summed E-state index contributed by atoms with van der Waals surface area (Å²) in [6, 6.07) is 6.27. The van der Waals surface area contributed by atoms with Crippen LogP contribution in [-0.4, -0.2) is 20.6 Å². The molecule has 0 aliphatic rings. The number of nitrogens with one attached hydrogen (secondary N) is 1. The minimum atomic E-state index is -0.979. The molecule has 0 amide bonds. The maximum absolute atomic E-state index is 11.5. The van der Waals surface area contributed by atoms with Gasteiger partial charge in [0.05, 0.1) is 28.9 Å². The van der Waals surface area contributed by atoms with Gasteiger partial charge in [-0.15, -0.1) is 0 Å². The average molecular weight is 294 g/mol. The van der Waals surface area contributed by atoms with E-state index in [-0.39, 0.29) is 6.04 Å². The van der Waals surface area contributed by atoms with Crippen LogP contribution in [0.1, 0.15) is 31.6 Å². The Balaban J connectivity index is 2.35. The van der Waals surface area contributed by atoms with E-state index in [2.05, 4.69) is 10.3 Å². The number of hydrogen-bond donors (Lipinski definition) is 2. The summed E-state index contributed by atoms with van der Waals surface area (Å²) in [6.45, 7) is 3.94. The molecule has 6 heteroatoms. The number of para-hydroxylation sites is 1. The summed E-state index contributed by atoms with van der Waals surface area (Å²) in [5.74, 6) is -0.979. The fourth-order valence-electron chi connectivity index (χ4n) is 1.97. The van der Waals surface area contributed by atoms with Crippen molar-refractivity contribution in [3.05, 3.63) is 47.5 Å². The summed E-state index contributed by atoms with van der Waals surface area (Å²) in [6.07, 6.45) is 3.19. The Bertz CT molecular complexity index is 610. The molecule has 0 bridgehead atoms. The van der Waals surface area contributed by atoms with E-state index in [0.717, 1.165) is 0 Å². The lowest BCUT2D eigenvalue weighted by atomic mass is 10.2. The molecule has 1 heterocycles. The minimum Gasteiger partial charge on any atom is -0.479 e. The van der Waals surface area contributed by atoms with Crippen molar-refractivity contribution in [2.24, 2.45) is 0 Å². The predicted molar refractivity (Wildman–Crippen MR) is 78.1 cm³/mol. The summed E-state index contributed by atoms with van der Waals surface area (Å²) >= 11 is 6.06. The van der Waals surface area contributed by atoms with E-state index in [1.807, 2.05) is 18.4 Å². The number of nitrogens with zero attached hydrogens (tertiary/aromatic N) is 2. The molecule has 0 radical (unpaired) electrons. The van der Waals surface area contributed by atoms with Crippen LogP contribution in [0, 0.1) is 0 Å². The molecule has 0 saturated carbocycles. The van der Waals surface area contributed by atoms with E-state index in [1.54, 1.807) is 36.8 Å². The molecule has 0 aliphatic heterocycles. The first kappa shape index (κ1) is 14.4. The zero-order chi connectivity index (χ0) is 14.7. The Morgan fingerprint density at radius 3 is 2.70 bits per heavy atom. The van der Waals surface area contributed by atoms with E-state index >= 15 is 0 Å². The molecule has 0 fully saturated rings. The van der Waals surface area contributed by atoms with Crippen LogP contribution in [0.15, 0.2) is 36.8 Å². The topological polar surface area (TPSA) is 67.2 Å². The van der Waals surface area contributed by atoms with Crippen LogP contribution in [0.4, 0.5) is 5.69 Å². The molecule has 1 atom stereocenters. The van der Waals surface area contributed by atoms with Gasteiger partial charge in [0.15, 0.2) is 6.04 Å². The number of benzene rings is 1. The van der Waals surface area contributed by atoms with Crippen LogP contribution in [-0.2, 0) is 4.79 Å². The minimum absolute atomic E-state index is 0.127. The molecule has 20 heavy (non-hydrogen) atoms. The van der Waals surface area contributed by atoms with Gasteiger partial charge in [0.2, 0.25) is 0 Å². The Labute approximate surface area is 122 Å². The fraction of sp³-hybridized carbons (Fsp3) is 0.286. The van der Waals surface area contributed by atoms with Gasteiger partial charge in [-0.25, -0.2) is 9.78 Å². The van der Waals surface area contributed by atoms with Crippen molar-refractivity contribution >= 4 is 23.3 Å². The molecule has 0 spiro atoms. The van der Waals surface area contributed by atoms with Gasteiger partial charge >= 0.3 is 5.97 Å². The van der Waals surface area contributed by atoms with Crippen molar-refractivity contribution in [1.82, 2.24) is 9.55 Å². The number of aromatic nitrogens is 2. The number of carboxylic acids is 1. The first-order chi connectivity index (χ1) is 9.50. The number of anilines is 1. The fourth-order valence-corrected chi connectivity index (χ4v) is 2.16. The van der Waals surface area contributed by atoms with Gasteiger partial charge in [0, 0.05) is 6.04 Å². The van der Waals surface area contributed by atoms with Crippen molar-refractivity contribution < 1.29 is 9.90 Å². The van der Waals surface area contributed by atoms with Crippen LogP contribution >= 0.6 is 11.6 Å². The molecule has 1 aromatic carbocycles. The first-order valence-corrected chi connectivity index (χ1v) is 6.64. The molecule has 0 saturated heterocycles. The van der Waals surface area contributed by atoms with Gasteiger partial charge in [-0.2, -0.15) is 0 Å². The van der Waals surface area contributed by atoms with Crippen LogP contribution in [0.25, 0.3) is 0 Å². The van der Waals surface area contributed by atoms with Gasteiger partial charge in [-0.05, 0) is 26.0 Å². The van der Waals surface area contributed by atoms with Crippen LogP contribution in [0.2, 0.25) is 5.02 Å². The Kier molecular flexibility index (Phi) is 4.29. The van der Waals surface area contributed by atoms with Crippen molar-refractivity contribution in [3.63, 3.8) is 0 Å². The number of hydrogen-bond acceptors (Lipinski definition) is 3. The first-order valence-electron chi connectivity index (χ1n) is 6.26. The zero-order valence-electron chi connectivity index (χ0n) is 11.2. The summed E-state index contributed by atoms with van der Waals surface area (Å²) in [7, 11) is 0. The van der Waals surface area contributed by atoms with E-state index in [1.165, 1.54) is 0 Å². The van der Waals surface area contributed by atoms with Crippen molar-refractivity contribution in [2.75, 3.05) is 5.32 Å². The molecular weight excluding hydrogens is 278 g/mol. The highest BCUT2D eigenvalue weighted by atomic mass is 35.5. The van der Waals surface area contributed by atoms with E-state index < -0.39 is 12.0 Å². The third kappa shape index (κ3) is 2.93. The number of rotatable bonds is 5. The number of aliphatic carboxylic acids is 1. The average Bonchev–Trinajstić information content (AvgIpc) is 2.86. The maximum atomic E-state index is 11.5. The summed E-state index contributed by atoms with van der Waals surface area (Å²) < 4.78 is 1.82. The van der Waals surface area contributed by atoms with E-state index in [4.69, 9.17) is 11.6 Å². The quantitative estimate of drug-likeness (QED) is 0.887. The second-order valence-electron chi connectivity index (χ2n) is 4.71. The van der Waals surface area contributed by atoms with Crippen molar-refractivity contribution in [3.8, 4) is 0 Å². The lowest BCUT2D eigenvalue weighted by Crippen LogP contribution is -2.24. The number of carbonyl (C=O) groups is 1. The highest BCUT2D eigenvalue weighted by Gasteiger charge is 2.24. The van der Waals surface area contributed by atoms with Gasteiger partial charge in [0.25, 0.3) is 0 Å². The lowest BCUT2D eigenvalue weighted by molar-refractivity contribution is -0.138. The van der Waals surface area contributed by atoms with Gasteiger partial charge < -0.3 is 15.0 Å². The molecule has 2 aromatic rings. The second-order valence-corrected chi connectivity index (χ2v) is 5.12. The summed E-state index contributed by atoms with van der Waals surface area (Å²) in [5, 5.41) is 12.9. The number of halogens is 1. The Hall–Kier alpha value is -2.01. The Morgan fingerprint density at radius 2 is 2.10 bits per heavy atom. The van der Waals surface area contributed by atoms with Crippen molar-refractivity contribution in [2.45, 2.75) is 25.9 Å². The molecular formula is C14H16ClN3O2.